The Bertz CT molecular complexity index is 1090. The molecule has 62 heavy (non-hydrogen) atoms. The lowest BCUT2D eigenvalue weighted by atomic mass is 10.0. The van der Waals surface area contributed by atoms with E-state index in [0.717, 1.165) is 77.0 Å². The second-order valence-corrected chi connectivity index (χ2v) is 17.8. The maximum absolute atomic E-state index is 12.8. The van der Waals surface area contributed by atoms with Gasteiger partial charge >= 0.3 is 17.9 Å². The molecule has 360 valence electrons. The van der Waals surface area contributed by atoms with Crippen LogP contribution in [0.4, 0.5) is 0 Å². The van der Waals surface area contributed by atoms with Crippen molar-refractivity contribution in [1.29, 1.82) is 0 Å². The number of allylic oxidation sites excluding steroid dienone is 8. The fraction of sp³-hybridized carbons (Fsp3) is 0.804. The van der Waals surface area contributed by atoms with Gasteiger partial charge < -0.3 is 14.2 Å². The first-order chi connectivity index (χ1) is 30.5. The molecule has 0 radical (unpaired) electrons. The van der Waals surface area contributed by atoms with E-state index in [-0.39, 0.29) is 37.5 Å². The summed E-state index contributed by atoms with van der Waals surface area (Å²) in [5.74, 6) is -0.916. The van der Waals surface area contributed by atoms with E-state index in [1.807, 2.05) is 0 Å². The van der Waals surface area contributed by atoms with E-state index < -0.39 is 6.10 Å². The van der Waals surface area contributed by atoms with Crippen molar-refractivity contribution in [3.63, 3.8) is 0 Å². The van der Waals surface area contributed by atoms with E-state index in [1.165, 1.54) is 148 Å². The first kappa shape index (κ1) is 59.4. The average Bonchev–Trinajstić information content (AvgIpc) is 3.27. The van der Waals surface area contributed by atoms with E-state index in [1.54, 1.807) is 0 Å². The highest BCUT2D eigenvalue weighted by Gasteiger charge is 2.19. The van der Waals surface area contributed by atoms with Crippen LogP contribution in [0.25, 0.3) is 0 Å². The summed E-state index contributed by atoms with van der Waals surface area (Å²) in [4.78, 5) is 38.0. The molecule has 0 fully saturated rings. The van der Waals surface area contributed by atoms with Gasteiger partial charge in [-0.3, -0.25) is 14.4 Å². The minimum atomic E-state index is -0.790. The van der Waals surface area contributed by atoms with Gasteiger partial charge in [0, 0.05) is 19.3 Å². The van der Waals surface area contributed by atoms with Gasteiger partial charge in [-0.05, 0) is 57.8 Å². The minimum absolute atomic E-state index is 0.0859. The molecule has 0 amide bonds. The van der Waals surface area contributed by atoms with Crippen molar-refractivity contribution in [2.75, 3.05) is 13.2 Å². The van der Waals surface area contributed by atoms with E-state index in [4.69, 9.17) is 14.2 Å². The highest BCUT2D eigenvalue weighted by atomic mass is 16.6. The molecule has 0 bridgehead atoms. The van der Waals surface area contributed by atoms with E-state index in [9.17, 15) is 14.4 Å². The van der Waals surface area contributed by atoms with Gasteiger partial charge in [0.1, 0.15) is 13.2 Å². The predicted octanol–water partition coefficient (Wildman–Crippen LogP) is 17.5. The molecule has 0 aliphatic carbocycles. The smallest absolute Gasteiger partial charge is 0.306 e. The van der Waals surface area contributed by atoms with Gasteiger partial charge in [-0.15, -0.1) is 0 Å². The summed E-state index contributed by atoms with van der Waals surface area (Å²) < 4.78 is 16.8. The van der Waals surface area contributed by atoms with Crippen molar-refractivity contribution in [1.82, 2.24) is 0 Å². The quantitative estimate of drug-likeness (QED) is 0.0262. The molecule has 0 saturated carbocycles. The van der Waals surface area contributed by atoms with Gasteiger partial charge in [0.15, 0.2) is 6.10 Å². The van der Waals surface area contributed by atoms with Crippen molar-refractivity contribution < 1.29 is 28.6 Å². The summed E-state index contributed by atoms with van der Waals surface area (Å²) in [6, 6.07) is 0. The van der Waals surface area contributed by atoms with Crippen molar-refractivity contribution in [2.45, 2.75) is 277 Å². The fourth-order valence-corrected chi connectivity index (χ4v) is 7.61. The Kier molecular flexibility index (Phi) is 48.8. The summed E-state index contributed by atoms with van der Waals surface area (Å²) in [6.07, 6.45) is 61.0. The zero-order chi connectivity index (χ0) is 45.1. The molecule has 1 atom stereocenters. The first-order valence-electron chi connectivity index (χ1n) is 26.6. The number of carbonyl (C=O) groups excluding carboxylic acids is 3. The lowest BCUT2D eigenvalue weighted by Crippen LogP contribution is -2.30. The molecule has 0 rings (SSSR count). The summed E-state index contributed by atoms with van der Waals surface area (Å²) in [5.41, 5.74) is 0. The lowest BCUT2D eigenvalue weighted by molar-refractivity contribution is -0.167. The normalized spacial score (nSPS) is 12.4. The predicted molar refractivity (Wildman–Crippen MR) is 265 cm³/mol. The Balaban J connectivity index is 4.40. The molecule has 0 saturated heterocycles. The van der Waals surface area contributed by atoms with Gasteiger partial charge in [-0.1, -0.05) is 243 Å². The van der Waals surface area contributed by atoms with Crippen LogP contribution < -0.4 is 0 Å². The lowest BCUT2D eigenvalue weighted by Gasteiger charge is -2.18. The van der Waals surface area contributed by atoms with E-state index >= 15 is 0 Å². The van der Waals surface area contributed by atoms with Crippen molar-refractivity contribution >= 4 is 17.9 Å². The third kappa shape index (κ3) is 48.4. The van der Waals surface area contributed by atoms with Gasteiger partial charge in [-0.25, -0.2) is 0 Å². The average molecular weight is 869 g/mol. The summed E-state index contributed by atoms with van der Waals surface area (Å²) in [7, 11) is 0. The minimum Gasteiger partial charge on any atom is -0.462 e. The van der Waals surface area contributed by atoms with E-state index in [2.05, 4.69) is 69.4 Å². The Morgan fingerprint density at radius 3 is 0.984 bits per heavy atom. The number of carbonyl (C=O) groups is 3. The molecule has 0 unspecified atom stereocenters. The highest BCUT2D eigenvalue weighted by Crippen LogP contribution is 2.16. The number of hydrogen-bond acceptors (Lipinski definition) is 6. The van der Waals surface area contributed by atoms with Crippen LogP contribution >= 0.6 is 0 Å². The van der Waals surface area contributed by atoms with Gasteiger partial charge in [-0.2, -0.15) is 0 Å². The molecular weight excluding hydrogens is 769 g/mol. The topological polar surface area (TPSA) is 78.9 Å². The molecule has 0 heterocycles. The summed E-state index contributed by atoms with van der Waals surface area (Å²) >= 11 is 0. The molecule has 0 aromatic rings. The van der Waals surface area contributed by atoms with Crippen LogP contribution in [0, 0.1) is 0 Å². The Morgan fingerprint density at radius 2 is 0.629 bits per heavy atom. The molecule has 0 aromatic carbocycles. The fourth-order valence-electron chi connectivity index (χ4n) is 7.61. The molecule has 0 spiro atoms. The second-order valence-electron chi connectivity index (χ2n) is 17.8. The number of rotatable bonds is 48. The second kappa shape index (κ2) is 51.0. The van der Waals surface area contributed by atoms with Gasteiger partial charge in [0.05, 0.1) is 0 Å². The third-order valence-electron chi connectivity index (χ3n) is 11.6. The monoisotopic (exact) mass is 869 g/mol. The maximum atomic E-state index is 12.8. The molecule has 6 nitrogen and oxygen atoms in total. The molecule has 0 aromatic heterocycles. The third-order valence-corrected chi connectivity index (χ3v) is 11.6. The molecule has 6 heteroatoms. The van der Waals surface area contributed by atoms with Crippen molar-refractivity contribution in [2.24, 2.45) is 0 Å². The summed E-state index contributed by atoms with van der Waals surface area (Å²) in [5, 5.41) is 0. The summed E-state index contributed by atoms with van der Waals surface area (Å²) in [6.45, 7) is 6.51. The van der Waals surface area contributed by atoms with E-state index in [0.29, 0.717) is 19.3 Å². The Labute approximate surface area is 384 Å². The van der Waals surface area contributed by atoms with Crippen LogP contribution in [0.15, 0.2) is 48.6 Å². The SMILES string of the molecule is CC/C=C\C/C=C\C/C=C\C/C=C\CCCCC(=O)O[C@H](COC(=O)CCCCCCCCCCCCCCC)COC(=O)CCCCCCCCCCCCCCCCCC. The van der Waals surface area contributed by atoms with Crippen LogP contribution in [-0.2, 0) is 28.6 Å². The van der Waals surface area contributed by atoms with Crippen molar-refractivity contribution in [3.05, 3.63) is 48.6 Å². The maximum Gasteiger partial charge on any atom is 0.306 e. The Hall–Kier alpha value is -2.63. The van der Waals surface area contributed by atoms with Crippen LogP contribution in [0.2, 0.25) is 0 Å². The number of esters is 3. The first-order valence-corrected chi connectivity index (χ1v) is 26.6. The molecule has 0 aliphatic rings. The zero-order valence-electron chi connectivity index (χ0n) is 41.1. The van der Waals surface area contributed by atoms with Gasteiger partial charge in [0.2, 0.25) is 0 Å². The van der Waals surface area contributed by atoms with Crippen LogP contribution in [-0.4, -0.2) is 37.2 Å². The highest BCUT2D eigenvalue weighted by molar-refractivity contribution is 5.71. The molecule has 0 N–H and O–H groups in total. The molecule has 0 aliphatic heterocycles. The van der Waals surface area contributed by atoms with Gasteiger partial charge in [0.25, 0.3) is 0 Å². The Morgan fingerprint density at radius 1 is 0.339 bits per heavy atom. The van der Waals surface area contributed by atoms with Crippen LogP contribution in [0.3, 0.4) is 0 Å². The largest absolute Gasteiger partial charge is 0.462 e. The number of unbranched alkanes of at least 4 members (excludes halogenated alkanes) is 29. The van der Waals surface area contributed by atoms with Crippen LogP contribution in [0.1, 0.15) is 271 Å². The standard InChI is InChI=1S/C56H100O6/c1-4-7-10-13-16-19-22-25-27-29-31-34-37-40-43-46-49-55(58)61-52-53(51-60-54(57)48-45-42-39-36-33-30-24-21-18-15-12-9-6-3)62-56(59)50-47-44-41-38-35-32-28-26-23-20-17-14-11-8-5-2/h8,11,17,20,26,28,35,38,53H,4-7,9-10,12-16,18-19,21-25,27,29-34,36-37,39-52H2,1-3H3/b11-8-,20-17-,28-26-,38-35-/t53-/m1/s1. The van der Waals surface area contributed by atoms with Crippen molar-refractivity contribution in [3.8, 4) is 0 Å². The van der Waals surface area contributed by atoms with Crippen LogP contribution in [0.5, 0.6) is 0 Å². The molecular formula is C56H100O6. The number of ether oxygens (including phenoxy) is 3. The zero-order valence-corrected chi connectivity index (χ0v) is 41.1. The number of hydrogen-bond donors (Lipinski definition) is 0.